The van der Waals surface area contributed by atoms with Crippen LogP contribution in [0.5, 0.6) is 0 Å². The molecule has 0 saturated heterocycles. The van der Waals surface area contributed by atoms with Crippen LogP contribution in [0.4, 0.5) is 0 Å². The molecule has 0 spiro atoms. The molecule has 0 aromatic heterocycles. The Kier molecular flexibility index (Phi) is 180. The van der Waals surface area contributed by atoms with Crippen LogP contribution in [-0.4, -0.2) is 19.6 Å². The standard InChI is InChI=1S/C3H7.3C2H6N.Ti/c1-3-2;3*1-2-3;/h3H,1-2H3;3*1-3H2;/q4*-1;+4. The number of hydrogen-bond donors (Lipinski definition) is 3. The maximum absolute atomic E-state index is 4.74. The van der Waals surface area contributed by atoms with Crippen molar-refractivity contribution in [1.82, 2.24) is 0 Å². The molecule has 0 aromatic rings. The molecule has 0 amide bonds. The van der Waals surface area contributed by atoms with Crippen molar-refractivity contribution in [2.45, 2.75) is 13.8 Å². The molecule has 0 fully saturated rings. The molecule has 0 aliphatic heterocycles. The smallest absolute Gasteiger partial charge is 0.360 e. The fourth-order valence-corrected chi connectivity index (χ4v) is 0. The summed E-state index contributed by atoms with van der Waals surface area (Å²) in [7, 11) is 0. The van der Waals surface area contributed by atoms with E-state index in [1.54, 1.807) is 0 Å². The van der Waals surface area contributed by atoms with E-state index in [0.29, 0.717) is 19.6 Å². The van der Waals surface area contributed by atoms with Gasteiger partial charge in [0, 0.05) is 0 Å². The second-order valence-corrected chi connectivity index (χ2v) is 1.44. The van der Waals surface area contributed by atoms with Crippen molar-refractivity contribution in [2.24, 2.45) is 17.2 Å². The number of hydrogen-bond acceptors (Lipinski definition) is 3. The molecule has 3 nitrogen and oxygen atoms in total. The van der Waals surface area contributed by atoms with E-state index in [1.165, 1.54) is 0 Å². The second-order valence-electron chi connectivity index (χ2n) is 1.44. The van der Waals surface area contributed by atoms with Crippen LogP contribution in [0.3, 0.4) is 0 Å². The zero-order chi connectivity index (χ0) is 10.8. The molecular formula is C9H25N3Ti. The van der Waals surface area contributed by atoms with Crippen LogP contribution in [-0.2, 0) is 21.7 Å². The molecule has 0 aliphatic carbocycles. The Morgan fingerprint density at radius 3 is 0.846 bits per heavy atom. The normalized spacial score (nSPS) is 5.54. The molecule has 80 valence electrons. The Morgan fingerprint density at radius 1 is 0.846 bits per heavy atom. The summed E-state index contributed by atoms with van der Waals surface area (Å²) in [4.78, 5) is 0. The molecule has 13 heavy (non-hydrogen) atoms. The maximum Gasteiger partial charge on any atom is 4.00 e. The van der Waals surface area contributed by atoms with Crippen molar-refractivity contribution in [1.29, 1.82) is 0 Å². The summed E-state index contributed by atoms with van der Waals surface area (Å²) in [5, 5.41) is 0. The predicted octanol–water partition coefficient (Wildman–Crippen LogP) is 0.566. The first-order chi connectivity index (χ1) is 5.66. The topological polar surface area (TPSA) is 78.1 Å². The third-order valence-electron chi connectivity index (χ3n) is 0. The average molecular weight is 223 g/mol. The van der Waals surface area contributed by atoms with Crippen LogP contribution in [0.25, 0.3) is 0 Å². The molecule has 0 unspecified atom stereocenters. The Labute approximate surface area is 99.7 Å². The van der Waals surface area contributed by atoms with E-state index in [9.17, 15) is 0 Å². The first kappa shape index (κ1) is 29.2. The zero-order valence-corrected chi connectivity index (χ0v) is 10.6. The molecule has 0 saturated carbocycles. The van der Waals surface area contributed by atoms with Gasteiger partial charge in [-0.1, -0.05) is 0 Å². The van der Waals surface area contributed by atoms with Gasteiger partial charge in [0.2, 0.25) is 0 Å². The van der Waals surface area contributed by atoms with Gasteiger partial charge in [0.1, 0.15) is 0 Å². The summed E-state index contributed by atoms with van der Waals surface area (Å²) < 4.78 is 0. The van der Waals surface area contributed by atoms with Gasteiger partial charge in [-0.05, 0) is 0 Å². The average Bonchev–Trinajstić information content (AvgIpc) is 1.92. The van der Waals surface area contributed by atoms with Crippen LogP contribution < -0.4 is 17.2 Å². The fourth-order valence-electron chi connectivity index (χ4n) is 0. The summed E-state index contributed by atoms with van der Waals surface area (Å²) in [6.07, 6.45) is 2.00. The van der Waals surface area contributed by atoms with E-state index in [0.717, 1.165) is 0 Å². The molecule has 0 rings (SSSR count). The summed E-state index contributed by atoms with van der Waals surface area (Å²) in [6.45, 7) is 15.3. The number of rotatable bonds is 0. The molecule has 0 atom stereocenters. The van der Waals surface area contributed by atoms with E-state index in [1.807, 2.05) is 20.3 Å². The van der Waals surface area contributed by atoms with Crippen molar-refractivity contribution >= 4 is 0 Å². The summed E-state index contributed by atoms with van der Waals surface area (Å²) >= 11 is 0. The molecule has 0 heterocycles. The minimum Gasteiger partial charge on any atom is -0.360 e. The molecule has 0 aliphatic rings. The van der Waals surface area contributed by atoms with Crippen LogP contribution in [0.15, 0.2) is 0 Å². The Bertz CT molecular complexity index is 22.8. The summed E-state index contributed by atoms with van der Waals surface area (Å²) in [5.74, 6) is 0. The van der Waals surface area contributed by atoms with Crippen LogP contribution in [0, 0.1) is 27.2 Å². The molecular weight excluding hydrogens is 198 g/mol. The Morgan fingerprint density at radius 2 is 0.846 bits per heavy atom. The summed E-state index contributed by atoms with van der Waals surface area (Å²) in [5.41, 5.74) is 14.2. The van der Waals surface area contributed by atoms with Crippen molar-refractivity contribution in [3.63, 3.8) is 0 Å². The van der Waals surface area contributed by atoms with E-state index in [2.05, 4.69) is 20.8 Å². The van der Waals surface area contributed by atoms with E-state index < -0.39 is 0 Å². The van der Waals surface area contributed by atoms with Crippen molar-refractivity contribution < 1.29 is 21.7 Å². The van der Waals surface area contributed by atoms with Crippen molar-refractivity contribution in [2.75, 3.05) is 19.6 Å². The maximum atomic E-state index is 4.74. The minimum atomic E-state index is 0. The van der Waals surface area contributed by atoms with Gasteiger partial charge >= 0.3 is 21.7 Å². The molecule has 4 heteroatoms. The van der Waals surface area contributed by atoms with Gasteiger partial charge in [-0.25, -0.2) is 0 Å². The summed E-state index contributed by atoms with van der Waals surface area (Å²) in [6, 6.07) is 0. The second kappa shape index (κ2) is 80.2. The molecule has 0 radical (unpaired) electrons. The van der Waals surface area contributed by atoms with Gasteiger partial charge in [-0.15, -0.1) is 19.6 Å². The first-order valence-electron chi connectivity index (χ1n) is 3.88. The van der Waals surface area contributed by atoms with Crippen LogP contribution >= 0.6 is 0 Å². The quantitative estimate of drug-likeness (QED) is 0.415. The SMILES string of the molecule is C[CH-]C.[CH2-]CN.[CH2-]CN.[CH2-]CN.[Ti+4]. The number of nitrogens with two attached hydrogens (primary N) is 3. The largest absolute Gasteiger partial charge is 4.00 e. The monoisotopic (exact) mass is 223 g/mol. The predicted molar refractivity (Wildman–Crippen MR) is 58.9 cm³/mol. The van der Waals surface area contributed by atoms with Gasteiger partial charge in [-0.2, -0.15) is 13.8 Å². The first-order valence-corrected chi connectivity index (χ1v) is 3.88. The molecule has 6 N–H and O–H groups in total. The van der Waals surface area contributed by atoms with Gasteiger partial charge < -0.3 is 44.4 Å². The Hall–Kier alpha value is 0.594. The fraction of sp³-hybridized carbons (Fsp3) is 0.556. The van der Waals surface area contributed by atoms with Crippen molar-refractivity contribution in [3.05, 3.63) is 27.2 Å². The van der Waals surface area contributed by atoms with Crippen LogP contribution in [0.1, 0.15) is 13.8 Å². The van der Waals surface area contributed by atoms with Gasteiger partial charge in [0.15, 0.2) is 0 Å². The van der Waals surface area contributed by atoms with E-state index >= 15 is 0 Å². The Balaban J connectivity index is -0.0000000213. The van der Waals surface area contributed by atoms with E-state index in [4.69, 9.17) is 17.2 Å². The minimum absolute atomic E-state index is 0. The zero-order valence-electron chi connectivity index (χ0n) is 9.05. The van der Waals surface area contributed by atoms with E-state index in [-0.39, 0.29) is 21.7 Å². The third kappa shape index (κ3) is 4000. The van der Waals surface area contributed by atoms with Gasteiger partial charge in [-0.3, -0.25) is 0 Å². The van der Waals surface area contributed by atoms with Gasteiger partial charge in [0.25, 0.3) is 0 Å². The van der Waals surface area contributed by atoms with Gasteiger partial charge in [0.05, 0.1) is 0 Å². The van der Waals surface area contributed by atoms with Crippen molar-refractivity contribution in [3.8, 4) is 0 Å². The van der Waals surface area contributed by atoms with Crippen LogP contribution in [0.2, 0.25) is 0 Å². The molecule has 0 bridgehead atoms. The third-order valence-corrected chi connectivity index (χ3v) is 0. The molecule has 0 aromatic carbocycles.